The Morgan fingerprint density at radius 1 is 1.25 bits per heavy atom. The van der Waals surface area contributed by atoms with E-state index in [0.29, 0.717) is 17.0 Å². The molecule has 1 aromatic carbocycles. The fourth-order valence-electron chi connectivity index (χ4n) is 1.91. The van der Waals surface area contributed by atoms with Crippen LogP contribution in [0.25, 0.3) is 17.5 Å². The second-order valence-electron chi connectivity index (χ2n) is 6.22. The summed E-state index contributed by atoms with van der Waals surface area (Å²) >= 11 is 0. The van der Waals surface area contributed by atoms with Crippen LogP contribution in [-0.4, -0.2) is 26.3 Å². The number of amides is 1. The van der Waals surface area contributed by atoms with E-state index in [-0.39, 0.29) is 17.1 Å². The lowest BCUT2D eigenvalue weighted by Gasteiger charge is -2.18. The van der Waals surface area contributed by atoms with Gasteiger partial charge in [-0.05, 0) is 26.8 Å². The fraction of sp³-hybridized carbons (Fsp3) is 0.235. The zero-order valence-corrected chi connectivity index (χ0v) is 13.7. The van der Waals surface area contributed by atoms with Gasteiger partial charge in [0, 0.05) is 47.3 Å². The van der Waals surface area contributed by atoms with E-state index in [1.165, 1.54) is 18.2 Å². The highest BCUT2D eigenvalue weighted by Gasteiger charge is 2.11. The molecular weight excluding hydrogens is 308 g/mol. The van der Waals surface area contributed by atoms with Crippen LogP contribution in [0.3, 0.4) is 0 Å². The lowest BCUT2D eigenvalue weighted by Crippen LogP contribution is -2.39. The van der Waals surface area contributed by atoms with Crippen LogP contribution in [0.15, 0.2) is 42.7 Å². The van der Waals surface area contributed by atoms with Gasteiger partial charge >= 0.3 is 0 Å². The normalized spacial score (nSPS) is 11.5. The zero-order valence-electron chi connectivity index (χ0n) is 13.7. The summed E-state index contributed by atoms with van der Waals surface area (Å²) in [5.74, 6) is 0.181. The Labute approximate surface area is 139 Å². The Hall–Kier alpha value is -3.09. The van der Waals surface area contributed by atoms with Crippen molar-refractivity contribution in [2.24, 2.45) is 0 Å². The summed E-state index contributed by atoms with van der Waals surface area (Å²) in [6.07, 6.45) is 6.14. The first-order valence-corrected chi connectivity index (χ1v) is 7.32. The van der Waals surface area contributed by atoms with Gasteiger partial charge in [0.25, 0.3) is 5.69 Å². The summed E-state index contributed by atoms with van der Waals surface area (Å²) in [4.78, 5) is 30.4. The van der Waals surface area contributed by atoms with E-state index in [1.54, 1.807) is 30.6 Å². The molecule has 7 nitrogen and oxygen atoms in total. The minimum atomic E-state index is -0.464. The van der Waals surface area contributed by atoms with Crippen LogP contribution in [-0.2, 0) is 4.79 Å². The second-order valence-corrected chi connectivity index (χ2v) is 6.22. The molecule has 1 aromatic heterocycles. The van der Waals surface area contributed by atoms with Crippen molar-refractivity contribution in [3.8, 4) is 11.4 Å². The number of carbonyl (C=O) groups excluding carboxylic acids is 1. The number of aromatic nitrogens is 2. The van der Waals surface area contributed by atoms with Crippen molar-refractivity contribution in [2.75, 3.05) is 0 Å². The maximum Gasteiger partial charge on any atom is 0.270 e. The SMILES string of the molecule is CC(C)(C)NC(=O)/C=C/c1cnc(-c2cccc([N+](=O)[O-])c2)nc1. The number of rotatable bonds is 4. The maximum absolute atomic E-state index is 11.7. The maximum atomic E-state index is 11.7. The molecule has 0 radical (unpaired) electrons. The van der Waals surface area contributed by atoms with Gasteiger partial charge in [-0.3, -0.25) is 14.9 Å². The molecule has 24 heavy (non-hydrogen) atoms. The Kier molecular flexibility index (Phi) is 5.03. The molecule has 0 aliphatic rings. The van der Waals surface area contributed by atoms with Crippen LogP contribution in [0.4, 0.5) is 5.69 Å². The third-order valence-corrected chi connectivity index (χ3v) is 2.91. The summed E-state index contributed by atoms with van der Waals surface area (Å²) < 4.78 is 0. The molecule has 1 N–H and O–H groups in total. The van der Waals surface area contributed by atoms with E-state index >= 15 is 0 Å². The predicted octanol–water partition coefficient (Wildman–Crippen LogP) is 2.98. The number of hydrogen-bond donors (Lipinski definition) is 1. The summed E-state index contributed by atoms with van der Waals surface area (Å²) in [6, 6.07) is 6.12. The lowest BCUT2D eigenvalue weighted by atomic mass is 10.1. The number of benzene rings is 1. The molecule has 7 heteroatoms. The largest absolute Gasteiger partial charge is 0.348 e. The fourth-order valence-corrected chi connectivity index (χ4v) is 1.91. The van der Waals surface area contributed by atoms with Gasteiger partial charge in [-0.2, -0.15) is 0 Å². The van der Waals surface area contributed by atoms with Gasteiger partial charge < -0.3 is 5.32 Å². The number of nitro groups is 1. The van der Waals surface area contributed by atoms with E-state index in [9.17, 15) is 14.9 Å². The number of nitro benzene ring substituents is 1. The first-order valence-electron chi connectivity index (χ1n) is 7.32. The van der Waals surface area contributed by atoms with Crippen LogP contribution in [0.5, 0.6) is 0 Å². The van der Waals surface area contributed by atoms with Crippen LogP contribution in [0.2, 0.25) is 0 Å². The molecule has 2 aromatic rings. The quantitative estimate of drug-likeness (QED) is 0.529. The summed E-state index contributed by atoms with van der Waals surface area (Å²) in [5.41, 5.74) is 0.904. The number of hydrogen-bond acceptors (Lipinski definition) is 5. The average Bonchev–Trinajstić information content (AvgIpc) is 2.52. The molecule has 0 aliphatic heterocycles. The number of nitrogens with zero attached hydrogens (tertiary/aromatic N) is 3. The van der Waals surface area contributed by atoms with E-state index in [0.717, 1.165) is 0 Å². The Morgan fingerprint density at radius 2 is 1.92 bits per heavy atom. The molecule has 0 fully saturated rings. The molecule has 0 atom stereocenters. The van der Waals surface area contributed by atoms with Crippen molar-refractivity contribution < 1.29 is 9.72 Å². The van der Waals surface area contributed by atoms with E-state index in [1.807, 2.05) is 20.8 Å². The smallest absolute Gasteiger partial charge is 0.270 e. The Bertz CT molecular complexity index is 777. The Morgan fingerprint density at radius 3 is 2.50 bits per heavy atom. The van der Waals surface area contributed by atoms with Gasteiger partial charge in [-0.15, -0.1) is 0 Å². The highest BCUT2D eigenvalue weighted by molar-refractivity contribution is 5.92. The van der Waals surface area contributed by atoms with Crippen LogP contribution < -0.4 is 5.32 Å². The van der Waals surface area contributed by atoms with Crippen LogP contribution in [0, 0.1) is 10.1 Å². The highest BCUT2D eigenvalue weighted by Crippen LogP contribution is 2.20. The Balaban J connectivity index is 2.12. The molecule has 0 saturated carbocycles. The molecule has 1 heterocycles. The van der Waals surface area contributed by atoms with Crippen molar-refractivity contribution in [1.29, 1.82) is 0 Å². The van der Waals surface area contributed by atoms with Crippen molar-refractivity contribution >= 4 is 17.7 Å². The third kappa shape index (κ3) is 4.98. The molecule has 1 amide bonds. The number of carbonyl (C=O) groups is 1. The second kappa shape index (κ2) is 6.99. The van der Waals surface area contributed by atoms with Gasteiger partial charge in [0.2, 0.25) is 5.91 Å². The highest BCUT2D eigenvalue weighted by atomic mass is 16.6. The van der Waals surface area contributed by atoms with Gasteiger partial charge in [-0.25, -0.2) is 9.97 Å². The molecule has 0 spiro atoms. The first kappa shape index (κ1) is 17.3. The molecule has 0 unspecified atom stereocenters. The van der Waals surface area contributed by atoms with Crippen molar-refractivity contribution in [3.05, 3.63) is 58.4 Å². The molecule has 0 saturated heterocycles. The summed E-state index contributed by atoms with van der Waals surface area (Å²) in [6.45, 7) is 5.70. The van der Waals surface area contributed by atoms with Crippen molar-refractivity contribution in [1.82, 2.24) is 15.3 Å². The summed E-state index contributed by atoms with van der Waals surface area (Å²) in [7, 11) is 0. The van der Waals surface area contributed by atoms with Crippen molar-refractivity contribution in [2.45, 2.75) is 26.3 Å². The minimum absolute atomic E-state index is 0.0149. The topological polar surface area (TPSA) is 98.0 Å². The lowest BCUT2D eigenvalue weighted by molar-refractivity contribution is -0.384. The number of nitrogens with one attached hydrogen (secondary N) is 1. The molecule has 0 bridgehead atoms. The molecule has 2 rings (SSSR count). The van der Waals surface area contributed by atoms with Gasteiger partial charge in [0.05, 0.1) is 4.92 Å². The zero-order chi connectivity index (χ0) is 17.7. The van der Waals surface area contributed by atoms with E-state index < -0.39 is 4.92 Å². The first-order chi connectivity index (χ1) is 11.2. The van der Waals surface area contributed by atoms with Crippen molar-refractivity contribution in [3.63, 3.8) is 0 Å². The van der Waals surface area contributed by atoms with E-state index in [4.69, 9.17) is 0 Å². The van der Waals surface area contributed by atoms with Gasteiger partial charge in [-0.1, -0.05) is 12.1 Å². The molecular formula is C17H18N4O3. The third-order valence-electron chi connectivity index (χ3n) is 2.91. The summed E-state index contributed by atoms with van der Waals surface area (Å²) in [5, 5.41) is 13.6. The van der Waals surface area contributed by atoms with Gasteiger partial charge in [0.15, 0.2) is 5.82 Å². The average molecular weight is 326 g/mol. The predicted molar refractivity (Wildman–Crippen MR) is 91.1 cm³/mol. The van der Waals surface area contributed by atoms with Crippen LogP contribution in [0.1, 0.15) is 26.3 Å². The monoisotopic (exact) mass is 326 g/mol. The van der Waals surface area contributed by atoms with E-state index in [2.05, 4.69) is 15.3 Å². The molecule has 0 aliphatic carbocycles. The van der Waals surface area contributed by atoms with Gasteiger partial charge in [0.1, 0.15) is 0 Å². The standard InChI is InChI=1S/C17H18N4O3/c1-17(2,3)20-15(22)8-7-12-10-18-16(19-11-12)13-5-4-6-14(9-13)21(23)24/h4-11H,1-3H3,(H,20,22)/b8-7+. The number of non-ortho nitro benzene ring substituents is 1. The van der Waals surface area contributed by atoms with Crippen LogP contribution >= 0.6 is 0 Å². The minimum Gasteiger partial charge on any atom is -0.348 e. The molecule has 124 valence electrons.